The lowest BCUT2D eigenvalue weighted by molar-refractivity contribution is 0.513. The third-order valence-electron chi connectivity index (χ3n) is 2.32. The van der Waals surface area contributed by atoms with Crippen molar-refractivity contribution >= 4 is 0 Å². The molecule has 1 aliphatic rings. The van der Waals surface area contributed by atoms with Gasteiger partial charge in [-0.2, -0.15) is 0 Å². The highest BCUT2D eigenvalue weighted by molar-refractivity contribution is 5.30. The van der Waals surface area contributed by atoms with Gasteiger partial charge < -0.3 is 10.6 Å². The second-order valence-corrected chi connectivity index (χ2v) is 2.97. The molecule has 66 valence electrons. The molecule has 0 bridgehead atoms. The Morgan fingerprint density at radius 3 is 2.83 bits per heavy atom. The Balaban J connectivity index is 2.80. The standard InChI is InChI=1S/C10H16N2/c1-4-10(12-3)7-5-6-9(8-10)11-2/h4-7,11-12H,1,8H2,2-3H3. The molecule has 0 saturated heterocycles. The monoisotopic (exact) mass is 164 g/mol. The molecule has 2 heteroatoms. The second kappa shape index (κ2) is 3.59. The van der Waals surface area contributed by atoms with Gasteiger partial charge in [-0.05, 0) is 13.1 Å². The van der Waals surface area contributed by atoms with Crippen LogP contribution in [0.2, 0.25) is 0 Å². The molecule has 0 radical (unpaired) electrons. The van der Waals surface area contributed by atoms with Crippen molar-refractivity contribution in [2.75, 3.05) is 14.1 Å². The van der Waals surface area contributed by atoms with E-state index in [1.54, 1.807) is 0 Å². The van der Waals surface area contributed by atoms with Crippen molar-refractivity contribution in [2.24, 2.45) is 0 Å². The van der Waals surface area contributed by atoms with Crippen molar-refractivity contribution < 1.29 is 0 Å². The van der Waals surface area contributed by atoms with E-state index in [0.717, 1.165) is 6.42 Å². The van der Waals surface area contributed by atoms with Crippen LogP contribution >= 0.6 is 0 Å². The lowest BCUT2D eigenvalue weighted by Crippen LogP contribution is -2.41. The first-order chi connectivity index (χ1) is 5.76. The summed E-state index contributed by atoms with van der Waals surface area (Å²) in [5, 5.41) is 6.40. The fourth-order valence-electron chi connectivity index (χ4n) is 1.35. The summed E-state index contributed by atoms with van der Waals surface area (Å²) in [5.74, 6) is 0. The highest BCUT2D eigenvalue weighted by Gasteiger charge is 2.23. The first-order valence-corrected chi connectivity index (χ1v) is 4.15. The van der Waals surface area contributed by atoms with Crippen molar-refractivity contribution in [1.29, 1.82) is 0 Å². The van der Waals surface area contributed by atoms with Crippen molar-refractivity contribution in [3.05, 3.63) is 36.6 Å². The maximum Gasteiger partial charge on any atom is 0.0603 e. The molecule has 1 aliphatic carbocycles. The van der Waals surface area contributed by atoms with Crippen LogP contribution in [0.3, 0.4) is 0 Å². The predicted octanol–water partition coefficient (Wildman–Crippen LogP) is 1.19. The minimum absolute atomic E-state index is 0.0624. The van der Waals surface area contributed by atoms with Gasteiger partial charge in [0.05, 0.1) is 5.54 Å². The van der Waals surface area contributed by atoms with E-state index in [0.29, 0.717) is 0 Å². The van der Waals surface area contributed by atoms with E-state index in [9.17, 15) is 0 Å². The average Bonchev–Trinajstić information content (AvgIpc) is 2.18. The Labute approximate surface area is 74.0 Å². The number of hydrogen-bond acceptors (Lipinski definition) is 2. The SMILES string of the molecule is C=CC1(NC)C=CC=C(NC)C1. The molecular formula is C10H16N2. The van der Waals surface area contributed by atoms with Crippen LogP contribution < -0.4 is 10.6 Å². The Bertz CT molecular complexity index is 228. The van der Waals surface area contributed by atoms with Gasteiger partial charge in [-0.25, -0.2) is 0 Å². The largest absolute Gasteiger partial charge is 0.391 e. The fourth-order valence-corrected chi connectivity index (χ4v) is 1.35. The number of allylic oxidation sites excluding steroid dienone is 2. The number of hydrogen-bond donors (Lipinski definition) is 2. The Morgan fingerprint density at radius 1 is 1.58 bits per heavy atom. The molecule has 0 saturated carbocycles. The minimum atomic E-state index is -0.0624. The topological polar surface area (TPSA) is 24.1 Å². The first-order valence-electron chi connectivity index (χ1n) is 4.15. The molecule has 1 rings (SSSR count). The van der Waals surface area contributed by atoms with Crippen molar-refractivity contribution in [3.63, 3.8) is 0 Å². The summed E-state index contributed by atoms with van der Waals surface area (Å²) in [6.07, 6.45) is 9.14. The zero-order valence-corrected chi connectivity index (χ0v) is 7.72. The Kier molecular flexibility index (Phi) is 2.71. The van der Waals surface area contributed by atoms with Crippen LogP contribution in [0.1, 0.15) is 6.42 Å². The fraction of sp³-hybridized carbons (Fsp3) is 0.400. The van der Waals surface area contributed by atoms with Gasteiger partial charge in [-0.3, -0.25) is 0 Å². The average molecular weight is 164 g/mol. The smallest absolute Gasteiger partial charge is 0.0603 e. The van der Waals surface area contributed by atoms with Crippen LogP contribution in [0.15, 0.2) is 36.6 Å². The summed E-state index contributed by atoms with van der Waals surface area (Å²) in [4.78, 5) is 0. The summed E-state index contributed by atoms with van der Waals surface area (Å²) in [6.45, 7) is 3.83. The summed E-state index contributed by atoms with van der Waals surface area (Å²) in [7, 11) is 3.89. The Hall–Kier alpha value is -1.02. The van der Waals surface area contributed by atoms with Crippen LogP contribution in [-0.4, -0.2) is 19.6 Å². The van der Waals surface area contributed by atoms with E-state index in [4.69, 9.17) is 0 Å². The van der Waals surface area contributed by atoms with E-state index in [2.05, 4.69) is 29.4 Å². The minimum Gasteiger partial charge on any atom is -0.391 e. The van der Waals surface area contributed by atoms with Crippen LogP contribution in [0, 0.1) is 0 Å². The van der Waals surface area contributed by atoms with Gasteiger partial charge in [0.15, 0.2) is 0 Å². The molecule has 2 N–H and O–H groups in total. The van der Waals surface area contributed by atoms with Gasteiger partial charge in [0.25, 0.3) is 0 Å². The van der Waals surface area contributed by atoms with E-state index in [1.165, 1.54) is 5.70 Å². The first kappa shape index (κ1) is 9.07. The molecule has 0 aromatic carbocycles. The predicted molar refractivity (Wildman–Crippen MR) is 52.9 cm³/mol. The maximum atomic E-state index is 3.83. The van der Waals surface area contributed by atoms with E-state index < -0.39 is 0 Å². The summed E-state index contributed by atoms with van der Waals surface area (Å²) >= 11 is 0. The molecule has 12 heavy (non-hydrogen) atoms. The molecule has 0 aliphatic heterocycles. The third kappa shape index (κ3) is 1.59. The molecule has 1 unspecified atom stereocenters. The quantitative estimate of drug-likeness (QED) is 0.612. The van der Waals surface area contributed by atoms with Crippen molar-refractivity contribution in [3.8, 4) is 0 Å². The zero-order chi connectivity index (χ0) is 9.03. The van der Waals surface area contributed by atoms with Crippen LogP contribution in [0.4, 0.5) is 0 Å². The molecule has 1 atom stereocenters. The molecule has 0 heterocycles. The normalized spacial score (nSPS) is 28.0. The lowest BCUT2D eigenvalue weighted by Gasteiger charge is -2.30. The number of nitrogens with one attached hydrogen (secondary N) is 2. The van der Waals surface area contributed by atoms with Gasteiger partial charge in [-0.1, -0.05) is 18.2 Å². The van der Waals surface area contributed by atoms with Crippen LogP contribution in [-0.2, 0) is 0 Å². The lowest BCUT2D eigenvalue weighted by atomic mass is 9.89. The molecule has 0 amide bonds. The number of likely N-dealkylation sites (N-methyl/N-ethyl adjacent to an activating group) is 1. The van der Waals surface area contributed by atoms with Crippen molar-refractivity contribution in [1.82, 2.24) is 10.6 Å². The highest BCUT2D eigenvalue weighted by Crippen LogP contribution is 2.21. The van der Waals surface area contributed by atoms with Crippen LogP contribution in [0.5, 0.6) is 0 Å². The van der Waals surface area contributed by atoms with E-state index >= 15 is 0 Å². The zero-order valence-electron chi connectivity index (χ0n) is 7.72. The van der Waals surface area contributed by atoms with Gasteiger partial charge in [0, 0.05) is 19.2 Å². The van der Waals surface area contributed by atoms with Crippen LogP contribution in [0.25, 0.3) is 0 Å². The Morgan fingerprint density at radius 2 is 2.33 bits per heavy atom. The maximum absolute atomic E-state index is 3.83. The molecule has 2 nitrogen and oxygen atoms in total. The van der Waals surface area contributed by atoms with E-state index in [1.807, 2.05) is 26.2 Å². The summed E-state index contributed by atoms with van der Waals surface area (Å²) in [5.41, 5.74) is 1.17. The summed E-state index contributed by atoms with van der Waals surface area (Å²) in [6, 6.07) is 0. The molecule has 0 fully saturated rings. The summed E-state index contributed by atoms with van der Waals surface area (Å²) < 4.78 is 0. The molecule has 0 aromatic heterocycles. The van der Waals surface area contributed by atoms with Gasteiger partial charge in [0.1, 0.15) is 0 Å². The van der Waals surface area contributed by atoms with Gasteiger partial charge in [-0.15, -0.1) is 6.58 Å². The molecular weight excluding hydrogens is 148 g/mol. The number of rotatable bonds is 3. The van der Waals surface area contributed by atoms with Gasteiger partial charge >= 0.3 is 0 Å². The van der Waals surface area contributed by atoms with Gasteiger partial charge in [0.2, 0.25) is 0 Å². The second-order valence-electron chi connectivity index (χ2n) is 2.97. The third-order valence-corrected chi connectivity index (χ3v) is 2.32. The van der Waals surface area contributed by atoms with E-state index in [-0.39, 0.29) is 5.54 Å². The molecule has 0 spiro atoms. The van der Waals surface area contributed by atoms with Crippen molar-refractivity contribution in [2.45, 2.75) is 12.0 Å². The highest BCUT2D eigenvalue weighted by atomic mass is 14.9. The molecule has 0 aromatic rings.